The molecule has 0 spiro atoms. The van der Waals surface area contributed by atoms with Gasteiger partial charge < -0.3 is 14.8 Å². The Balaban J connectivity index is 1.33. The predicted molar refractivity (Wildman–Crippen MR) is 96.3 cm³/mol. The van der Waals surface area contributed by atoms with Crippen molar-refractivity contribution >= 4 is 6.03 Å². The van der Waals surface area contributed by atoms with E-state index in [1.165, 1.54) is 51.4 Å². The van der Waals surface area contributed by atoms with E-state index in [2.05, 4.69) is 31.9 Å². The summed E-state index contributed by atoms with van der Waals surface area (Å²) in [7, 11) is 0. The van der Waals surface area contributed by atoms with Gasteiger partial charge in [-0.15, -0.1) is 10.2 Å². The number of urea groups is 1. The molecule has 1 aromatic rings. The third kappa shape index (κ3) is 3.40. The van der Waals surface area contributed by atoms with E-state index in [-0.39, 0.29) is 6.03 Å². The van der Waals surface area contributed by atoms with E-state index in [9.17, 15) is 4.79 Å². The molecular weight excluding hydrogens is 314 g/mol. The minimum atomic E-state index is 0.123. The summed E-state index contributed by atoms with van der Waals surface area (Å²) >= 11 is 0. The van der Waals surface area contributed by atoms with E-state index in [4.69, 9.17) is 0 Å². The van der Waals surface area contributed by atoms with Gasteiger partial charge in [0.2, 0.25) is 0 Å². The zero-order valence-electron chi connectivity index (χ0n) is 15.4. The van der Waals surface area contributed by atoms with Crippen molar-refractivity contribution in [3.05, 3.63) is 11.6 Å². The lowest BCUT2D eigenvalue weighted by molar-refractivity contribution is 0.156. The van der Waals surface area contributed by atoms with Crippen molar-refractivity contribution in [2.45, 2.75) is 89.8 Å². The molecule has 2 aliphatic heterocycles. The van der Waals surface area contributed by atoms with Gasteiger partial charge in [-0.3, -0.25) is 0 Å². The van der Waals surface area contributed by atoms with Crippen LogP contribution in [0.1, 0.15) is 69.9 Å². The Kier molecular flexibility index (Phi) is 4.95. The largest absolute Gasteiger partial charge is 0.338 e. The van der Waals surface area contributed by atoms with Crippen molar-refractivity contribution in [2.24, 2.45) is 5.92 Å². The van der Waals surface area contributed by atoms with Crippen LogP contribution in [0, 0.1) is 5.92 Å². The lowest BCUT2D eigenvalue weighted by Gasteiger charge is -2.33. The molecule has 0 unspecified atom stereocenters. The first-order valence-corrected chi connectivity index (χ1v) is 10.2. The molecule has 6 heteroatoms. The summed E-state index contributed by atoms with van der Waals surface area (Å²) in [4.78, 5) is 14.9. The Labute approximate surface area is 150 Å². The van der Waals surface area contributed by atoms with Crippen molar-refractivity contribution in [1.29, 1.82) is 0 Å². The molecule has 0 aromatic carbocycles. The number of fused-ring (bicyclic) bond motifs is 2. The highest BCUT2D eigenvalue weighted by molar-refractivity contribution is 5.75. The number of amides is 2. The summed E-state index contributed by atoms with van der Waals surface area (Å²) in [5, 5.41) is 11.9. The van der Waals surface area contributed by atoms with Crippen LogP contribution in [-0.4, -0.2) is 44.3 Å². The van der Waals surface area contributed by atoms with Gasteiger partial charge in [0.25, 0.3) is 0 Å². The van der Waals surface area contributed by atoms with E-state index in [0.29, 0.717) is 18.6 Å². The number of rotatable bonds is 3. The zero-order valence-corrected chi connectivity index (χ0v) is 15.4. The van der Waals surface area contributed by atoms with Crippen molar-refractivity contribution in [3.63, 3.8) is 0 Å². The van der Waals surface area contributed by atoms with Crippen LogP contribution in [0.2, 0.25) is 0 Å². The number of nitrogens with one attached hydrogen (secondary N) is 1. The summed E-state index contributed by atoms with van der Waals surface area (Å²) in [6.45, 7) is 3.88. The fourth-order valence-corrected chi connectivity index (χ4v) is 5.16. The molecule has 2 fully saturated rings. The van der Waals surface area contributed by atoms with Crippen molar-refractivity contribution in [2.75, 3.05) is 6.54 Å². The van der Waals surface area contributed by atoms with Crippen LogP contribution < -0.4 is 5.32 Å². The van der Waals surface area contributed by atoms with Crippen molar-refractivity contribution in [3.8, 4) is 0 Å². The lowest BCUT2D eigenvalue weighted by Crippen LogP contribution is -2.48. The van der Waals surface area contributed by atoms with Gasteiger partial charge in [0, 0.05) is 38.0 Å². The van der Waals surface area contributed by atoms with Gasteiger partial charge in [-0.05, 0) is 44.9 Å². The van der Waals surface area contributed by atoms with Crippen molar-refractivity contribution in [1.82, 2.24) is 25.0 Å². The SMILES string of the molecule is C[C@@H]1C[C@H]2CCCC[C@H]2N1C(=O)NCCc1nnc2n1CCCCC2. The average Bonchev–Trinajstić information content (AvgIpc) is 3.05. The minimum absolute atomic E-state index is 0.123. The van der Waals surface area contributed by atoms with Gasteiger partial charge in [0.1, 0.15) is 11.6 Å². The first kappa shape index (κ1) is 16.9. The standard InChI is InChI=1S/C19H31N5O/c1-14-13-15-7-4-5-8-16(15)24(14)19(25)20-11-10-18-22-21-17-9-3-2-6-12-23(17)18/h14-16H,2-13H2,1H3,(H,20,25)/t14-,15-,16-/m1/s1. The summed E-state index contributed by atoms with van der Waals surface area (Å²) in [6, 6.07) is 0.961. The van der Waals surface area contributed by atoms with E-state index >= 15 is 0 Å². The summed E-state index contributed by atoms with van der Waals surface area (Å²) < 4.78 is 2.27. The molecule has 3 aliphatic rings. The Bertz CT molecular complexity index is 613. The number of aryl methyl sites for hydroxylation is 1. The molecule has 4 rings (SSSR count). The van der Waals surface area contributed by atoms with Gasteiger partial charge in [0.05, 0.1) is 0 Å². The number of nitrogens with zero attached hydrogens (tertiary/aromatic N) is 4. The molecule has 1 aliphatic carbocycles. The smallest absolute Gasteiger partial charge is 0.317 e. The molecule has 1 saturated heterocycles. The highest BCUT2D eigenvalue weighted by atomic mass is 16.2. The maximum Gasteiger partial charge on any atom is 0.317 e. The van der Waals surface area contributed by atoms with E-state index in [1.807, 2.05) is 0 Å². The Morgan fingerprint density at radius 1 is 1.16 bits per heavy atom. The molecule has 138 valence electrons. The fourth-order valence-electron chi connectivity index (χ4n) is 5.16. The van der Waals surface area contributed by atoms with Crippen LogP contribution >= 0.6 is 0 Å². The Morgan fingerprint density at radius 3 is 2.96 bits per heavy atom. The molecule has 1 N–H and O–H groups in total. The summed E-state index contributed by atoms with van der Waals surface area (Å²) in [5.74, 6) is 2.88. The van der Waals surface area contributed by atoms with E-state index < -0.39 is 0 Å². The second-order valence-electron chi connectivity index (χ2n) is 8.08. The number of likely N-dealkylation sites (tertiary alicyclic amines) is 1. The third-order valence-electron chi connectivity index (χ3n) is 6.39. The maximum atomic E-state index is 12.8. The third-order valence-corrected chi connectivity index (χ3v) is 6.39. The van der Waals surface area contributed by atoms with Crippen LogP contribution in [-0.2, 0) is 19.4 Å². The van der Waals surface area contributed by atoms with Crippen LogP contribution in [0.25, 0.3) is 0 Å². The van der Waals surface area contributed by atoms with Crippen LogP contribution in [0.3, 0.4) is 0 Å². The predicted octanol–water partition coefficient (Wildman–Crippen LogP) is 2.91. The maximum absolute atomic E-state index is 12.8. The first-order chi connectivity index (χ1) is 12.2. The van der Waals surface area contributed by atoms with Crippen LogP contribution in [0.15, 0.2) is 0 Å². The van der Waals surface area contributed by atoms with E-state index in [1.54, 1.807) is 0 Å². The molecule has 3 heterocycles. The number of hydrogen-bond acceptors (Lipinski definition) is 3. The molecule has 2 amide bonds. The zero-order chi connectivity index (χ0) is 17.2. The quantitative estimate of drug-likeness (QED) is 0.916. The Hall–Kier alpha value is -1.59. The highest BCUT2D eigenvalue weighted by Gasteiger charge is 2.42. The number of carbonyl (C=O) groups is 1. The number of carbonyl (C=O) groups excluding carboxylic acids is 1. The lowest BCUT2D eigenvalue weighted by atomic mass is 9.85. The van der Waals surface area contributed by atoms with Gasteiger partial charge >= 0.3 is 6.03 Å². The average molecular weight is 345 g/mol. The van der Waals surface area contributed by atoms with Crippen molar-refractivity contribution < 1.29 is 4.79 Å². The molecule has 6 nitrogen and oxygen atoms in total. The molecule has 1 aromatic heterocycles. The summed E-state index contributed by atoms with van der Waals surface area (Å²) in [6.07, 6.45) is 11.8. The highest BCUT2D eigenvalue weighted by Crippen LogP contribution is 2.39. The van der Waals surface area contributed by atoms with Crippen LogP contribution in [0.4, 0.5) is 4.79 Å². The van der Waals surface area contributed by atoms with Gasteiger partial charge in [-0.2, -0.15) is 0 Å². The van der Waals surface area contributed by atoms with E-state index in [0.717, 1.165) is 37.0 Å². The normalized spacial score (nSPS) is 29.0. The number of aromatic nitrogens is 3. The monoisotopic (exact) mass is 345 g/mol. The minimum Gasteiger partial charge on any atom is -0.338 e. The Morgan fingerprint density at radius 2 is 2.04 bits per heavy atom. The molecular formula is C19H31N5O. The number of hydrogen-bond donors (Lipinski definition) is 1. The van der Waals surface area contributed by atoms with Gasteiger partial charge in [0.15, 0.2) is 0 Å². The van der Waals surface area contributed by atoms with Gasteiger partial charge in [-0.25, -0.2) is 4.79 Å². The topological polar surface area (TPSA) is 63.1 Å². The first-order valence-electron chi connectivity index (χ1n) is 10.2. The van der Waals surface area contributed by atoms with Crippen LogP contribution in [0.5, 0.6) is 0 Å². The molecule has 0 bridgehead atoms. The second kappa shape index (κ2) is 7.34. The second-order valence-corrected chi connectivity index (χ2v) is 8.08. The molecule has 1 saturated carbocycles. The summed E-state index contributed by atoms with van der Waals surface area (Å²) in [5.41, 5.74) is 0. The molecule has 0 radical (unpaired) electrons. The van der Waals surface area contributed by atoms with Gasteiger partial charge in [-0.1, -0.05) is 19.3 Å². The molecule has 25 heavy (non-hydrogen) atoms. The molecule has 3 atom stereocenters. The fraction of sp³-hybridized carbons (Fsp3) is 0.842.